The fraction of sp³-hybridized carbons (Fsp3) is 0.278. The van der Waals surface area contributed by atoms with Gasteiger partial charge in [0.15, 0.2) is 5.13 Å². The smallest absolute Gasteiger partial charge is 0.325 e. The molecule has 0 aliphatic carbocycles. The summed E-state index contributed by atoms with van der Waals surface area (Å²) in [7, 11) is 0. The Bertz CT molecular complexity index is 929. The van der Waals surface area contributed by atoms with Gasteiger partial charge in [0, 0.05) is 5.38 Å². The van der Waals surface area contributed by atoms with E-state index in [2.05, 4.69) is 15.6 Å². The summed E-state index contributed by atoms with van der Waals surface area (Å²) >= 11 is 1.13. The topological polar surface area (TPSA) is 134 Å². The minimum atomic E-state index is -1.19. The number of thiazole rings is 1. The molecule has 1 fully saturated rings. The van der Waals surface area contributed by atoms with E-state index in [4.69, 9.17) is 5.73 Å². The molecule has 5 amide bonds. The number of nitrogens with one attached hydrogen (secondary N) is 2. The zero-order valence-electron chi connectivity index (χ0n) is 15.1. The van der Waals surface area contributed by atoms with Crippen LogP contribution < -0.4 is 16.4 Å². The van der Waals surface area contributed by atoms with Gasteiger partial charge in [0.05, 0.1) is 12.1 Å². The van der Waals surface area contributed by atoms with Crippen molar-refractivity contribution in [2.45, 2.75) is 25.3 Å². The molecule has 0 radical (unpaired) electrons. The molecule has 0 saturated carbocycles. The average Bonchev–Trinajstić information content (AvgIpc) is 3.19. The Labute approximate surface area is 164 Å². The first kappa shape index (κ1) is 19.5. The molecule has 146 valence electrons. The molecular weight excluding hydrogens is 382 g/mol. The minimum absolute atomic E-state index is 0.0323. The van der Waals surface area contributed by atoms with Crippen molar-refractivity contribution in [2.75, 3.05) is 11.9 Å². The number of carbonyl (C=O) groups excluding carboxylic acids is 4. The van der Waals surface area contributed by atoms with Crippen LogP contribution in [0.1, 0.15) is 24.6 Å². The van der Waals surface area contributed by atoms with Gasteiger partial charge in [-0.05, 0) is 12.0 Å². The highest BCUT2D eigenvalue weighted by atomic mass is 32.1. The molecule has 0 bridgehead atoms. The number of hydrogen-bond donors (Lipinski definition) is 3. The van der Waals surface area contributed by atoms with Gasteiger partial charge >= 0.3 is 6.03 Å². The van der Waals surface area contributed by atoms with Crippen molar-refractivity contribution >= 4 is 40.2 Å². The molecule has 1 aromatic heterocycles. The summed E-state index contributed by atoms with van der Waals surface area (Å²) in [6.07, 6.45) is 0.318. The molecule has 1 aliphatic rings. The lowest BCUT2D eigenvalue weighted by molar-refractivity contribution is -0.134. The summed E-state index contributed by atoms with van der Waals surface area (Å²) in [6, 6.07) is 8.29. The Morgan fingerprint density at radius 3 is 2.64 bits per heavy atom. The van der Waals surface area contributed by atoms with Crippen LogP contribution in [0.25, 0.3) is 0 Å². The van der Waals surface area contributed by atoms with Crippen molar-refractivity contribution in [3.05, 3.63) is 47.0 Å². The fourth-order valence-corrected chi connectivity index (χ4v) is 3.78. The molecule has 0 unspecified atom stereocenters. The highest BCUT2D eigenvalue weighted by Gasteiger charge is 2.51. The number of imide groups is 1. The molecule has 2 aromatic rings. The van der Waals surface area contributed by atoms with E-state index in [0.29, 0.717) is 17.7 Å². The monoisotopic (exact) mass is 401 g/mol. The maximum Gasteiger partial charge on any atom is 0.325 e. The van der Waals surface area contributed by atoms with Gasteiger partial charge in [-0.15, -0.1) is 11.3 Å². The van der Waals surface area contributed by atoms with Gasteiger partial charge in [0.25, 0.3) is 5.91 Å². The van der Waals surface area contributed by atoms with Crippen LogP contribution in [0.15, 0.2) is 35.7 Å². The number of nitrogens with zero attached hydrogens (tertiary/aromatic N) is 2. The van der Waals surface area contributed by atoms with E-state index in [1.807, 2.05) is 6.07 Å². The Kier molecular flexibility index (Phi) is 5.41. The van der Waals surface area contributed by atoms with Crippen LogP contribution in [-0.2, 0) is 26.3 Å². The SMILES string of the molecule is CC[C@@]1(c2ccccc2)NC(=O)N(CC(=O)Nc2nc(CC(N)=O)cs2)C1=O. The summed E-state index contributed by atoms with van der Waals surface area (Å²) in [4.78, 5) is 53.6. The van der Waals surface area contributed by atoms with Crippen LogP contribution in [0.5, 0.6) is 0 Å². The summed E-state index contributed by atoms with van der Waals surface area (Å²) in [5.41, 5.74) is 5.03. The number of hydrogen-bond acceptors (Lipinski definition) is 6. The van der Waals surface area contributed by atoms with Gasteiger partial charge in [0.2, 0.25) is 11.8 Å². The van der Waals surface area contributed by atoms with E-state index in [9.17, 15) is 19.2 Å². The molecule has 1 saturated heterocycles. The minimum Gasteiger partial charge on any atom is -0.369 e. The second kappa shape index (κ2) is 7.77. The molecule has 0 spiro atoms. The van der Waals surface area contributed by atoms with Gasteiger partial charge in [-0.3, -0.25) is 19.3 Å². The third-order valence-corrected chi connectivity index (χ3v) is 5.23. The van der Waals surface area contributed by atoms with Crippen LogP contribution in [0.2, 0.25) is 0 Å². The van der Waals surface area contributed by atoms with E-state index >= 15 is 0 Å². The standard InChI is InChI=1S/C18H19N5O4S/c1-2-18(11-6-4-3-5-7-11)15(26)23(17(27)22-18)9-14(25)21-16-20-12(10-28-16)8-13(19)24/h3-7,10H,2,8-9H2,1H3,(H2,19,24)(H,22,27)(H,20,21,25)/t18-/m0/s1. The lowest BCUT2D eigenvalue weighted by atomic mass is 9.87. The Morgan fingerprint density at radius 1 is 1.29 bits per heavy atom. The number of carbonyl (C=O) groups is 4. The number of primary amides is 1. The van der Waals surface area contributed by atoms with Crippen molar-refractivity contribution in [1.82, 2.24) is 15.2 Å². The molecule has 1 aliphatic heterocycles. The quantitative estimate of drug-likeness (QED) is 0.594. The van der Waals surface area contributed by atoms with Gasteiger partial charge in [-0.2, -0.15) is 0 Å². The van der Waals surface area contributed by atoms with Crippen LogP contribution in [0, 0.1) is 0 Å². The molecule has 28 heavy (non-hydrogen) atoms. The summed E-state index contributed by atoms with van der Waals surface area (Å²) in [5.74, 6) is -1.57. The van der Waals surface area contributed by atoms with Crippen molar-refractivity contribution < 1.29 is 19.2 Å². The summed E-state index contributed by atoms with van der Waals surface area (Å²) in [5, 5.41) is 7.12. The number of aromatic nitrogens is 1. The average molecular weight is 401 g/mol. The zero-order chi connectivity index (χ0) is 20.3. The molecular formula is C18H19N5O4S. The van der Waals surface area contributed by atoms with E-state index in [-0.39, 0.29) is 11.6 Å². The van der Waals surface area contributed by atoms with Crippen molar-refractivity contribution in [1.29, 1.82) is 0 Å². The van der Waals surface area contributed by atoms with E-state index < -0.39 is 35.8 Å². The van der Waals surface area contributed by atoms with Gasteiger partial charge in [-0.25, -0.2) is 9.78 Å². The first-order valence-electron chi connectivity index (χ1n) is 8.58. The van der Waals surface area contributed by atoms with Crippen molar-refractivity contribution in [3.8, 4) is 0 Å². The van der Waals surface area contributed by atoms with Gasteiger partial charge in [-0.1, -0.05) is 37.3 Å². The molecule has 10 heteroatoms. The van der Waals surface area contributed by atoms with Crippen LogP contribution in [0.3, 0.4) is 0 Å². The summed E-state index contributed by atoms with van der Waals surface area (Å²) in [6.45, 7) is 1.36. The number of amides is 5. The third kappa shape index (κ3) is 3.72. The number of rotatable bonds is 7. The lowest BCUT2D eigenvalue weighted by Crippen LogP contribution is -2.44. The molecule has 1 aromatic carbocycles. The Balaban J connectivity index is 1.71. The van der Waals surface area contributed by atoms with E-state index in [1.54, 1.807) is 36.6 Å². The van der Waals surface area contributed by atoms with Crippen LogP contribution in [-0.4, -0.2) is 40.2 Å². The Morgan fingerprint density at radius 2 is 2.00 bits per heavy atom. The zero-order valence-corrected chi connectivity index (χ0v) is 15.9. The highest BCUT2D eigenvalue weighted by molar-refractivity contribution is 7.13. The van der Waals surface area contributed by atoms with Crippen LogP contribution in [0.4, 0.5) is 9.93 Å². The Hall–Kier alpha value is -3.27. The number of nitrogens with two attached hydrogens (primary N) is 1. The van der Waals surface area contributed by atoms with Crippen molar-refractivity contribution in [3.63, 3.8) is 0 Å². The highest BCUT2D eigenvalue weighted by Crippen LogP contribution is 2.32. The maximum atomic E-state index is 13.0. The number of urea groups is 1. The van der Waals surface area contributed by atoms with Crippen molar-refractivity contribution in [2.24, 2.45) is 5.73 Å². The number of benzene rings is 1. The molecule has 1 atom stereocenters. The van der Waals surface area contributed by atoms with Gasteiger partial charge in [0.1, 0.15) is 12.1 Å². The predicted molar refractivity (Wildman–Crippen MR) is 102 cm³/mol. The van der Waals surface area contributed by atoms with E-state index in [0.717, 1.165) is 16.2 Å². The largest absolute Gasteiger partial charge is 0.369 e. The molecule has 3 rings (SSSR count). The van der Waals surface area contributed by atoms with Gasteiger partial charge < -0.3 is 16.4 Å². The molecule has 4 N–H and O–H groups in total. The lowest BCUT2D eigenvalue weighted by Gasteiger charge is -2.25. The van der Waals surface area contributed by atoms with E-state index in [1.165, 1.54) is 0 Å². The number of anilines is 1. The second-order valence-electron chi connectivity index (χ2n) is 6.28. The molecule has 2 heterocycles. The maximum absolute atomic E-state index is 13.0. The third-order valence-electron chi connectivity index (χ3n) is 4.43. The molecule has 9 nitrogen and oxygen atoms in total. The predicted octanol–water partition coefficient (Wildman–Crippen LogP) is 0.967. The first-order chi connectivity index (χ1) is 13.4. The first-order valence-corrected chi connectivity index (χ1v) is 9.46. The second-order valence-corrected chi connectivity index (χ2v) is 7.14. The fourth-order valence-electron chi connectivity index (χ4n) is 3.06. The summed E-state index contributed by atoms with van der Waals surface area (Å²) < 4.78 is 0. The van der Waals surface area contributed by atoms with Crippen LogP contribution >= 0.6 is 11.3 Å². The normalized spacial score (nSPS) is 18.8.